The van der Waals surface area contributed by atoms with E-state index in [0.717, 1.165) is 0 Å². The zero-order valence-electron chi connectivity index (χ0n) is 9.09. The Morgan fingerprint density at radius 2 is 1.69 bits per heavy atom. The summed E-state index contributed by atoms with van der Waals surface area (Å²) in [5.41, 5.74) is 1.33. The molecular weight excluding hydrogens is 156 g/mol. The summed E-state index contributed by atoms with van der Waals surface area (Å²) in [7, 11) is 0. The summed E-state index contributed by atoms with van der Waals surface area (Å²) in [4.78, 5) is 0. The van der Waals surface area contributed by atoms with Crippen molar-refractivity contribution in [2.24, 2.45) is 5.92 Å². The highest BCUT2D eigenvalue weighted by Crippen LogP contribution is 2.10. The van der Waals surface area contributed by atoms with Crippen molar-refractivity contribution in [2.75, 3.05) is 0 Å². The van der Waals surface area contributed by atoms with Crippen LogP contribution in [0.5, 0.6) is 0 Å². The summed E-state index contributed by atoms with van der Waals surface area (Å²) in [5.74, 6) is 0.592. The van der Waals surface area contributed by atoms with E-state index in [-0.39, 0.29) is 7.43 Å². The molecule has 0 nitrogen and oxygen atoms in total. The maximum absolute atomic E-state index is 3.65. The first kappa shape index (κ1) is 18.1. The summed E-state index contributed by atoms with van der Waals surface area (Å²) in [5, 5.41) is 0. The van der Waals surface area contributed by atoms with E-state index < -0.39 is 0 Å². The van der Waals surface area contributed by atoms with Gasteiger partial charge < -0.3 is 0 Å². The smallest absolute Gasteiger partial charge is 0.0219 e. The lowest BCUT2D eigenvalue weighted by Gasteiger charge is -2.03. The van der Waals surface area contributed by atoms with Gasteiger partial charge in [0.25, 0.3) is 0 Å². The van der Waals surface area contributed by atoms with Crippen LogP contribution in [0.25, 0.3) is 0 Å². The van der Waals surface area contributed by atoms with Crippen LogP contribution in [0.15, 0.2) is 36.5 Å². The van der Waals surface area contributed by atoms with Crippen molar-refractivity contribution in [3.63, 3.8) is 0 Å². The number of hydrogen-bond donors (Lipinski definition) is 0. The molecule has 0 bridgehead atoms. The summed E-state index contributed by atoms with van der Waals surface area (Å²) in [6, 6.07) is 0. The highest BCUT2D eigenvalue weighted by atomic mass is 14.0. The molecule has 0 radical (unpaired) electrons. The van der Waals surface area contributed by atoms with Gasteiger partial charge in [0.1, 0.15) is 0 Å². The minimum absolute atomic E-state index is 0. The van der Waals surface area contributed by atoms with E-state index in [0.29, 0.717) is 5.92 Å². The zero-order chi connectivity index (χ0) is 9.98. The van der Waals surface area contributed by atoms with Crippen LogP contribution in [0.1, 0.15) is 42.0 Å². The molecule has 0 rings (SSSR count). The van der Waals surface area contributed by atoms with Gasteiger partial charge in [0, 0.05) is 0 Å². The second kappa shape index (κ2) is 13.8. The average Bonchev–Trinajstić information content (AvgIpc) is 2.08. The molecule has 0 aromatic carbocycles. The number of hydrogen-bond acceptors (Lipinski definition) is 0. The fraction of sp³-hybridized carbons (Fsp3) is 0.538. The van der Waals surface area contributed by atoms with Crippen LogP contribution < -0.4 is 0 Å². The maximum Gasteiger partial charge on any atom is -0.0219 e. The largest absolute Gasteiger partial charge is 0.0991 e. The fourth-order valence-corrected chi connectivity index (χ4v) is 0.769. The topological polar surface area (TPSA) is 0 Å². The van der Waals surface area contributed by atoms with E-state index in [2.05, 4.69) is 32.6 Å². The molecule has 0 aromatic rings. The Hall–Kier alpha value is -0.780. The molecule has 0 N–H and O–H groups in total. The van der Waals surface area contributed by atoms with Crippen LogP contribution in [-0.2, 0) is 0 Å². The lowest BCUT2D eigenvalue weighted by Crippen LogP contribution is -1.88. The van der Waals surface area contributed by atoms with Gasteiger partial charge in [0.2, 0.25) is 0 Å². The molecule has 0 amide bonds. The Kier molecular flexibility index (Phi) is 19.2. The highest BCUT2D eigenvalue weighted by Gasteiger charge is 1.94. The van der Waals surface area contributed by atoms with Crippen LogP contribution in [0.3, 0.4) is 0 Å². The van der Waals surface area contributed by atoms with Crippen molar-refractivity contribution in [1.29, 1.82) is 0 Å². The molecule has 0 atom stereocenters. The van der Waals surface area contributed by atoms with E-state index in [1.165, 1.54) is 5.57 Å². The third-order valence-corrected chi connectivity index (χ3v) is 1.34. The van der Waals surface area contributed by atoms with E-state index in [4.69, 9.17) is 0 Å². The predicted octanol–water partition coefficient (Wildman–Crippen LogP) is 4.99. The Balaban J connectivity index is -0.000000309. The highest BCUT2D eigenvalue weighted by molar-refractivity contribution is 5.24. The first-order valence-corrected chi connectivity index (χ1v) is 4.67. The zero-order valence-corrected chi connectivity index (χ0v) is 9.09. The molecule has 0 heterocycles. The van der Waals surface area contributed by atoms with Crippen molar-refractivity contribution in [1.82, 2.24) is 0 Å². The van der Waals surface area contributed by atoms with Gasteiger partial charge in [-0.2, -0.15) is 0 Å². The molecular formula is C13H26. The van der Waals surface area contributed by atoms with Crippen molar-refractivity contribution < 1.29 is 0 Å². The molecule has 0 unspecified atom stereocenters. The minimum atomic E-state index is 0. The number of allylic oxidation sites excluding steroid dienone is 5. The molecule has 0 aliphatic carbocycles. The van der Waals surface area contributed by atoms with Crippen molar-refractivity contribution in [3.05, 3.63) is 36.5 Å². The van der Waals surface area contributed by atoms with Gasteiger partial charge in [0.15, 0.2) is 0 Å². The Morgan fingerprint density at radius 3 is 1.92 bits per heavy atom. The third-order valence-electron chi connectivity index (χ3n) is 1.34. The summed E-state index contributed by atoms with van der Waals surface area (Å²) in [6.07, 6.45) is 8.04. The van der Waals surface area contributed by atoms with Gasteiger partial charge in [-0.25, -0.2) is 0 Å². The molecule has 13 heavy (non-hydrogen) atoms. The second-order valence-electron chi connectivity index (χ2n) is 2.56. The second-order valence-corrected chi connectivity index (χ2v) is 2.56. The number of rotatable bonds is 3. The molecule has 0 fully saturated rings. The van der Waals surface area contributed by atoms with Gasteiger partial charge >= 0.3 is 0 Å². The van der Waals surface area contributed by atoms with Crippen LogP contribution in [0.4, 0.5) is 0 Å². The van der Waals surface area contributed by atoms with Gasteiger partial charge in [-0.1, -0.05) is 66.0 Å². The summed E-state index contributed by atoms with van der Waals surface area (Å²) in [6.45, 7) is 14.0. The quantitative estimate of drug-likeness (QED) is 0.539. The monoisotopic (exact) mass is 182 g/mol. The first-order chi connectivity index (χ1) is 5.72. The summed E-state index contributed by atoms with van der Waals surface area (Å²) < 4.78 is 0. The Labute approximate surface area is 85.1 Å². The van der Waals surface area contributed by atoms with Crippen LogP contribution in [0, 0.1) is 5.92 Å². The molecule has 0 saturated heterocycles. The normalized spacial score (nSPS) is 10.5. The van der Waals surface area contributed by atoms with Crippen LogP contribution in [0.2, 0.25) is 0 Å². The van der Waals surface area contributed by atoms with E-state index in [1.54, 1.807) is 0 Å². The molecule has 78 valence electrons. The molecule has 0 spiro atoms. The SMILES string of the molecule is C.C=C/C=C(\C=C/C)C(C)C.CC. The summed E-state index contributed by atoms with van der Waals surface area (Å²) >= 11 is 0. The molecule has 0 aromatic heterocycles. The Bertz CT molecular complexity index is 147. The molecule has 0 aliphatic heterocycles. The van der Waals surface area contributed by atoms with Crippen LogP contribution in [-0.4, -0.2) is 0 Å². The van der Waals surface area contributed by atoms with Crippen LogP contribution >= 0.6 is 0 Å². The lowest BCUT2D eigenvalue weighted by atomic mass is 10.0. The maximum atomic E-state index is 3.65. The molecule has 0 saturated carbocycles. The van der Waals surface area contributed by atoms with Gasteiger partial charge in [-0.05, 0) is 18.4 Å². The van der Waals surface area contributed by atoms with Crippen molar-refractivity contribution in [2.45, 2.75) is 42.0 Å². The molecule has 0 aliphatic rings. The van der Waals surface area contributed by atoms with Gasteiger partial charge in [-0.3, -0.25) is 0 Å². The average molecular weight is 182 g/mol. The van der Waals surface area contributed by atoms with E-state index >= 15 is 0 Å². The Morgan fingerprint density at radius 1 is 1.23 bits per heavy atom. The predicted molar refractivity (Wildman–Crippen MR) is 66.0 cm³/mol. The fourth-order valence-electron chi connectivity index (χ4n) is 0.769. The lowest BCUT2D eigenvalue weighted by molar-refractivity contribution is 0.791. The minimum Gasteiger partial charge on any atom is -0.0991 e. The van der Waals surface area contributed by atoms with Gasteiger partial charge in [0.05, 0.1) is 0 Å². The van der Waals surface area contributed by atoms with E-state index in [1.807, 2.05) is 32.9 Å². The first-order valence-electron chi connectivity index (χ1n) is 4.67. The third kappa shape index (κ3) is 11.2. The standard InChI is InChI=1S/C10H16.C2H6.CH4/c1-5-7-10(8-6-2)9(3)4;1-2;/h5-9H,1H2,2-4H3;1-2H3;1H4/b8-6-,10-7+;;. The van der Waals surface area contributed by atoms with E-state index in [9.17, 15) is 0 Å². The van der Waals surface area contributed by atoms with Crippen molar-refractivity contribution >= 4 is 0 Å². The van der Waals surface area contributed by atoms with Crippen molar-refractivity contribution in [3.8, 4) is 0 Å². The van der Waals surface area contributed by atoms with Gasteiger partial charge in [-0.15, -0.1) is 0 Å². The molecule has 0 heteroatoms.